The number of aromatic nitrogens is 3. The fraction of sp³-hybridized carbons (Fsp3) is 0.321. The smallest absolute Gasteiger partial charge is 0.267 e. The van der Waals surface area contributed by atoms with E-state index in [0.29, 0.717) is 22.9 Å². The molecule has 41 heavy (non-hydrogen) atoms. The molecule has 4 aromatic rings. The Bertz CT molecular complexity index is 1700. The first-order valence-electron chi connectivity index (χ1n) is 13.0. The lowest BCUT2D eigenvalue weighted by molar-refractivity contribution is 0.221. The minimum Gasteiger partial charge on any atom is -0.480 e. The zero-order valence-electron chi connectivity index (χ0n) is 22.7. The monoisotopic (exact) mass is 602 g/mol. The highest BCUT2D eigenvalue weighted by atomic mass is 35.5. The summed E-state index contributed by atoms with van der Waals surface area (Å²) in [5, 5.41) is 4.02. The number of ether oxygens (including phenoxy) is 1. The van der Waals surface area contributed by atoms with E-state index >= 15 is 4.39 Å². The number of fused-ring (bicyclic) bond motifs is 1. The lowest BCUT2D eigenvalue weighted by Gasteiger charge is -2.32. The highest BCUT2D eigenvalue weighted by Gasteiger charge is 2.26. The number of halogens is 3. The van der Waals surface area contributed by atoms with Gasteiger partial charge < -0.3 is 15.0 Å². The predicted molar refractivity (Wildman–Crippen MR) is 155 cm³/mol. The van der Waals surface area contributed by atoms with Crippen LogP contribution in [0.25, 0.3) is 22.0 Å². The third kappa shape index (κ3) is 6.19. The predicted octanol–water partition coefficient (Wildman–Crippen LogP) is 5.72. The molecule has 1 aliphatic rings. The average molecular weight is 603 g/mol. The van der Waals surface area contributed by atoms with E-state index in [1.165, 1.54) is 19.4 Å². The van der Waals surface area contributed by atoms with E-state index in [9.17, 15) is 12.8 Å². The summed E-state index contributed by atoms with van der Waals surface area (Å²) >= 11 is 5.91. The molecular formula is C28H29ClF2N6O3S. The van der Waals surface area contributed by atoms with E-state index in [0.717, 1.165) is 43.9 Å². The molecule has 9 nitrogen and oxygen atoms in total. The maximum atomic E-state index is 15.6. The largest absolute Gasteiger partial charge is 0.480 e. The van der Waals surface area contributed by atoms with Gasteiger partial charge in [-0.3, -0.25) is 4.72 Å². The number of pyridine rings is 1. The van der Waals surface area contributed by atoms with Crippen LogP contribution in [-0.2, 0) is 10.0 Å². The van der Waals surface area contributed by atoms with Gasteiger partial charge in [-0.15, -0.1) is 0 Å². The number of methoxy groups -OCH3 is 1. The van der Waals surface area contributed by atoms with Gasteiger partial charge in [-0.05, 0) is 75.7 Å². The molecule has 5 rings (SSSR count). The Morgan fingerprint density at radius 1 is 1.02 bits per heavy atom. The van der Waals surface area contributed by atoms with E-state index in [-0.39, 0.29) is 22.5 Å². The summed E-state index contributed by atoms with van der Waals surface area (Å²) in [5.41, 5.74) is -0.0558. The number of rotatable bonds is 8. The number of benzene rings is 2. The molecule has 1 saturated carbocycles. The normalized spacial score (nSPS) is 17.5. The van der Waals surface area contributed by atoms with Gasteiger partial charge in [0.05, 0.1) is 28.9 Å². The number of nitrogens with one attached hydrogen (secondary N) is 2. The van der Waals surface area contributed by atoms with Crippen molar-refractivity contribution in [1.82, 2.24) is 19.9 Å². The van der Waals surface area contributed by atoms with Gasteiger partial charge in [0.25, 0.3) is 10.0 Å². The second-order valence-electron chi connectivity index (χ2n) is 10.1. The molecule has 0 aliphatic heterocycles. The first-order valence-corrected chi connectivity index (χ1v) is 14.8. The summed E-state index contributed by atoms with van der Waals surface area (Å²) in [6.45, 7) is 0. The van der Waals surface area contributed by atoms with Crippen LogP contribution in [0.3, 0.4) is 0 Å². The summed E-state index contributed by atoms with van der Waals surface area (Å²) in [6, 6.07) is 8.72. The van der Waals surface area contributed by atoms with Crippen LogP contribution in [0.15, 0.2) is 53.7 Å². The van der Waals surface area contributed by atoms with E-state index in [1.807, 2.05) is 0 Å². The lowest BCUT2D eigenvalue weighted by atomic mass is 9.91. The van der Waals surface area contributed by atoms with Crippen LogP contribution in [-0.4, -0.2) is 61.6 Å². The third-order valence-electron chi connectivity index (χ3n) is 7.23. The lowest BCUT2D eigenvalue weighted by Crippen LogP contribution is -2.36. The number of hydrogen-bond donors (Lipinski definition) is 2. The highest BCUT2D eigenvalue weighted by molar-refractivity contribution is 7.92. The fourth-order valence-electron chi connectivity index (χ4n) is 5.03. The van der Waals surface area contributed by atoms with E-state index < -0.39 is 37.8 Å². The van der Waals surface area contributed by atoms with Crippen molar-refractivity contribution >= 4 is 44.2 Å². The van der Waals surface area contributed by atoms with E-state index in [2.05, 4.69) is 44.0 Å². The Kier molecular flexibility index (Phi) is 8.25. The summed E-state index contributed by atoms with van der Waals surface area (Å²) in [7, 11) is 1.05. The van der Waals surface area contributed by atoms with Gasteiger partial charge in [0.1, 0.15) is 5.82 Å². The molecule has 0 unspecified atom stereocenters. The zero-order chi connectivity index (χ0) is 29.3. The van der Waals surface area contributed by atoms with Crippen molar-refractivity contribution in [3.63, 3.8) is 0 Å². The topological polar surface area (TPSA) is 109 Å². The molecule has 2 heterocycles. The minimum absolute atomic E-state index is 0.0416. The Morgan fingerprint density at radius 2 is 1.78 bits per heavy atom. The molecule has 0 saturated heterocycles. The van der Waals surface area contributed by atoms with Crippen molar-refractivity contribution in [2.45, 2.75) is 42.7 Å². The first kappa shape index (κ1) is 28.9. The maximum absolute atomic E-state index is 15.6. The van der Waals surface area contributed by atoms with Gasteiger partial charge in [0, 0.05) is 29.9 Å². The molecule has 13 heteroatoms. The van der Waals surface area contributed by atoms with Crippen molar-refractivity contribution in [3.8, 4) is 17.0 Å². The number of sulfonamides is 1. The fourth-order valence-corrected chi connectivity index (χ4v) is 6.45. The second-order valence-corrected chi connectivity index (χ2v) is 12.2. The molecule has 1 fully saturated rings. The summed E-state index contributed by atoms with van der Waals surface area (Å²) in [4.78, 5) is 14.7. The number of anilines is 2. The van der Waals surface area contributed by atoms with Crippen LogP contribution < -0.4 is 14.8 Å². The molecular weight excluding hydrogens is 574 g/mol. The molecule has 2 N–H and O–H groups in total. The SMILES string of the molecule is COc1ncc(Cl)cc1S(=O)(=O)Nc1ccc(F)c(-c2ccc3nc(N[C@H]4CC[C@H](N(C)C)CC4)ncc3c2)c1F. The van der Waals surface area contributed by atoms with E-state index in [4.69, 9.17) is 16.3 Å². The highest BCUT2D eigenvalue weighted by Crippen LogP contribution is 2.34. The third-order valence-corrected chi connectivity index (χ3v) is 8.80. The zero-order valence-corrected chi connectivity index (χ0v) is 24.2. The molecule has 0 radical (unpaired) electrons. The van der Waals surface area contributed by atoms with Crippen LogP contribution >= 0.6 is 11.6 Å². The van der Waals surface area contributed by atoms with Gasteiger partial charge in [-0.1, -0.05) is 17.7 Å². The summed E-state index contributed by atoms with van der Waals surface area (Å²) in [5.74, 6) is -1.68. The summed E-state index contributed by atoms with van der Waals surface area (Å²) < 4.78 is 63.8. The van der Waals surface area contributed by atoms with E-state index in [1.54, 1.807) is 18.3 Å². The molecule has 2 aromatic heterocycles. The van der Waals surface area contributed by atoms with Gasteiger partial charge in [-0.2, -0.15) is 0 Å². The van der Waals surface area contributed by atoms with Crippen LogP contribution in [0.2, 0.25) is 5.02 Å². The number of nitrogens with zero attached hydrogens (tertiary/aromatic N) is 4. The molecule has 1 aliphatic carbocycles. The second kappa shape index (κ2) is 11.7. The van der Waals surface area contributed by atoms with Crippen LogP contribution in [0, 0.1) is 11.6 Å². The molecule has 216 valence electrons. The Balaban J connectivity index is 1.40. The van der Waals surface area contributed by atoms with Crippen molar-refractivity contribution in [3.05, 3.63) is 65.4 Å². The van der Waals surface area contributed by atoms with Gasteiger partial charge >= 0.3 is 0 Å². The number of hydrogen-bond acceptors (Lipinski definition) is 8. The van der Waals surface area contributed by atoms with Crippen molar-refractivity contribution in [2.24, 2.45) is 0 Å². The summed E-state index contributed by atoms with van der Waals surface area (Å²) in [6.07, 6.45) is 7.04. The standard InChI is InChI=1S/C28H29ClF2N6O3S/c1-37(2)20-7-5-19(6-8-20)34-28-33-14-17-12-16(4-10-22(17)35-28)25-21(30)9-11-23(26(25)31)36-41(38,39)24-13-18(29)15-32-27(24)40-3/h4,9-15,19-20,36H,5-8H2,1-3H3,(H,33,34,35)/t19-,20-. The minimum atomic E-state index is -4.39. The maximum Gasteiger partial charge on any atom is 0.267 e. The van der Waals surface area contributed by atoms with Gasteiger partial charge in [0.2, 0.25) is 11.8 Å². The van der Waals surface area contributed by atoms with Crippen LogP contribution in [0.1, 0.15) is 25.7 Å². The molecule has 0 atom stereocenters. The molecule has 0 amide bonds. The molecule has 0 spiro atoms. The average Bonchev–Trinajstić information content (AvgIpc) is 2.95. The first-order chi connectivity index (χ1) is 19.6. The molecule has 0 bridgehead atoms. The van der Waals surface area contributed by atoms with Crippen molar-refractivity contribution in [1.29, 1.82) is 0 Å². The van der Waals surface area contributed by atoms with Crippen LogP contribution in [0.4, 0.5) is 20.4 Å². The quantitative estimate of drug-likeness (QED) is 0.264. The Hall–Kier alpha value is -3.61. The van der Waals surface area contributed by atoms with Crippen molar-refractivity contribution < 1.29 is 21.9 Å². The van der Waals surface area contributed by atoms with Gasteiger partial charge in [0.15, 0.2) is 10.7 Å². The van der Waals surface area contributed by atoms with Crippen molar-refractivity contribution in [2.75, 3.05) is 31.2 Å². The Morgan fingerprint density at radius 3 is 2.49 bits per heavy atom. The molecule has 2 aromatic carbocycles. The Labute approximate surface area is 242 Å². The van der Waals surface area contributed by atoms with Crippen LogP contribution in [0.5, 0.6) is 5.88 Å². The van der Waals surface area contributed by atoms with Gasteiger partial charge in [-0.25, -0.2) is 32.2 Å².